The van der Waals surface area contributed by atoms with Crippen molar-refractivity contribution < 1.29 is 4.79 Å². The fraction of sp³-hybridized carbons (Fsp3) is 0.950. The summed E-state index contributed by atoms with van der Waals surface area (Å²) in [5.74, 6) is 6.79. The molecule has 2 heteroatoms. The first kappa shape index (κ1) is 13.9. The van der Waals surface area contributed by atoms with Crippen molar-refractivity contribution in [2.24, 2.45) is 41.4 Å². The molecule has 2 nitrogen and oxygen atoms in total. The van der Waals surface area contributed by atoms with Gasteiger partial charge in [-0.25, -0.2) is 0 Å². The lowest BCUT2D eigenvalue weighted by Crippen LogP contribution is -2.47. The summed E-state index contributed by atoms with van der Waals surface area (Å²) in [5, 5.41) is 0. The van der Waals surface area contributed by atoms with Gasteiger partial charge in [-0.15, -0.1) is 0 Å². The van der Waals surface area contributed by atoms with E-state index in [9.17, 15) is 4.79 Å². The highest BCUT2D eigenvalue weighted by atomic mass is 16.2. The van der Waals surface area contributed by atoms with Crippen LogP contribution in [0.15, 0.2) is 0 Å². The van der Waals surface area contributed by atoms with E-state index in [1.165, 1.54) is 57.8 Å². The molecular weight excluding hydrogens is 270 g/mol. The number of carbonyl (C=O) groups excluding carboxylic acids is 1. The molecule has 5 saturated carbocycles. The predicted molar refractivity (Wildman–Crippen MR) is 87.2 cm³/mol. The standard InChI is InChI=1S/C20H31NO/c22-20(21-11-13-1-2-14(12-21)4-3-13)10-19-17-6-15-5-16(8-17)9-18(19)7-15/h13-19H,1-12H2. The van der Waals surface area contributed by atoms with E-state index in [0.717, 1.165) is 60.9 Å². The lowest BCUT2D eigenvalue weighted by molar-refractivity contribution is -0.137. The molecule has 7 fully saturated rings. The second kappa shape index (κ2) is 5.24. The first-order valence-corrected chi connectivity index (χ1v) is 10.0. The Kier molecular flexibility index (Phi) is 3.31. The fourth-order valence-electron chi connectivity index (χ4n) is 7.20. The highest BCUT2D eigenvalue weighted by Gasteiger charge is 2.48. The largest absolute Gasteiger partial charge is 0.342 e. The van der Waals surface area contributed by atoms with Gasteiger partial charge in [0.2, 0.25) is 5.91 Å². The normalized spacial score (nSPS) is 49.5. The smallest absolute Gasteiger partial charge is 0.222 e. The monoisotopic (exact) mass is 301 g/mol. The van der Waals surface area contributed by atoms with E-state index in [1.807, 2.05) is 0 Å². The van der Waals surface area contributed by atoms with Crippen molar-refractivity contribution in [3.05, 3.63) is 0 Å². The Bertz CT molecular complexity index is 409. The number of carbonyl (C=O) groups is 1. The molecule has 0 unspecified atom stereocenters. The number of amides is 1. The van der Waals surface area contributed by atoms with Crippen LogP contribution < -0.4 is 0 Å². The van der Waals surface area contributed by atoms with Crippen LogP contribution in [0.4, 0.5) is 0 Å². The van der Waals surface area contributed by atoms with Crippen LogP contribution in [0.5, 0.6) is 0 Å². The van der Waals surface area contributed by atoms with Gasteiger partial charge in [-0.3, -0.25) is 4.79 Å². The Morgan fingerprint density at radius 1 is 0.727 bits per heavy atom. The van der Waals surface area contributed by atoms with Gasteiger partial charge in [0.15, 0.2) is 0 Å². The summed E-state index contributed by atoms with van der Waals surface area (Å²) in [7, 11) is 0. The zero-order valence-corrected chi connectivity index (χ0v) is 13.9. The maximum absolute atomic E-state index is 13.0. The van der Waals surface area contributed by atoms with E-state index in [1.54, 1.807) is 0 Å². The summed E-state index contributed by atoms with van der Waals surface area (Å²) in [4.78, 5) is 15.3. The Morgan fingerprint density at radius 3 is 1.73 bits per heavy atom. The van der Waals surface area contributed by atoms with E-state index in [-0.39, 0.29) is 0 Å². The van der Waals surface area contributed by atoms with Gasteiger partial charge in [0.25, 0.3) is 0 Å². The highest BCUT2D eigenvalue weighted by molar-refractivity contribution is 5.76. The summed E-state index contributed by atoms with van der Waals surface area (Å²) < 4.78 is 0. The third-order valence-corrected chi connectivity index (χ3v) is 8.11. The number of hydrogen-bond donors (Lipinski definition) is 0. The average molecular weight is 301 g/mol. The zero-order valence-electron chi connectivity index (χ0n) is 13.9. The molecule has 0 N–H and O–H groups in total. The molecule has 6 bridgehead atoms. The first-order valence-electron chi connectivity index (χ1n) is 10.0. The van der Waals surface area contributed by atoms with Gasteiger partial charge in [0, 0.05) is 19.5 Å². The third kappa shape index (κ3) is 2.32. The van der Waals surface area contributed by atoms with E-state index >= 15 is 0 Å². The first-order chi connectivity index (χ1) is 10.7. The Labute approximate surface area is 135 Å². The molecule has 0 aromatic heterocycles. The molecule has 2 saturated heterocycles. The van der Waals surface area contributed by atoms with E-state index in [2.05, 4.69) is 4.90 Å². The van der Waals surface area contributed by atoms with Crippen LogP contribution in [-0.2, 0) is 4.79 Å². The van der Waals surface area contributed by atoms with Gasteiger partial charge >= 0.3 is 0 Å². The minimum absolute atomic E-state index is 0.524. The van der Waals surface area contributed by atoms with Crippen LogP contribution in [0.3, 0.4) is 0 Å². The molecule has 2 heterocycles. The van der Waals surface area contributed by atoms with Crippen LogP contribution in [0.2, 0.25) is 0 Å². The molecule has 7 rings (SSSR count). The molecule has 0 aromatic rings. The summed E-state index contributed by atoms with van der Waals surface area (Å²) in [6, 6.07) is 0. The fourth-order valence-corrected chi connectivity index (χ4v) is 7.20. The van der Waals surface area contributed by atoms with Crippen molar-refractivity contribution in [1.29, 1.82) is 0 Å². The Balaban J connectivity index is 1.27. The van der Waals surface area contributed by atoms with Crippen molar-refractivity contribution in [3.63, 3.8) is 0 Å². The minimum Gasteiger partial charge on any atom is -0.342 e. The third-order valence-electron chi connectivity index (χ3n) is 8.11. The van der Waals surface area contributed by atoms with Crippen LogP contribution in [0, 0.1) is 41.4 Å². The van der Waals surface area contributed by atoms with Crippen molar-refractivity contribution in [1.82, 2.24) is 4.90 Å². The lowest BCUT2D eigenvalue weighted by atomic mass is 9.51. The predicted octanol–water partition coefficient (Wildman–Crippen LogP) is 4.10. The molecule has 0 atom stereocenters. The maximum Gasteiger partial charge on any atom is 0.222 e. The van der Waals surface area contributed by atoms with Gasteiger partial charge in [-0.2, -0.15) is 0 Å². The summed E-state index contributed by atoms with van der Waals surface area (Å²) in [5.41, 5.74) is 0. The Morgan fingerprint density at radius 2 is 1.23 bits per heavy atom. The highest BCUT2D eigenvalue weighted by Crippen LogP contribution is 2.57. The molecule has 122 valence electrons. The van der Waals surface area contributed by atoms with Crippen LogP contribution in [0.25, 0.3) is 0 Å². The van der Waals surface area contributed by atoms with E-state index in [0.29, 0.717) is 5.91 Å². The van der Waals surface area contributed by atoms with Gasteiger partial charge in [-0.1, -0.05) is 0 Å². The van der Waals surface area contributed by atoms with Gasteiger partial charge in [-0.05, 0) is 99.2 Å². The van der Waals surface area contributed by atoms with Crippen molar-refractivity contribution in [3.8, 4) is 0 Å². The van der Waals surface area contributed by atoms with Gasteiger partial charge < -0.3 is 4.90 Å². The number of nitrogens with zero attached hydrogens (tertiary/aromatic N) is 1. The van der Waals surface area contributed by atoms with Gasteiger partial charge in [0.05, 0.1) is 0 Å². The van der Waals surface area contributed by atoms with E-state index < -0.39 is 0 Å². The van der Waals surface area contributed by atoms with Crippen molar-refractivity contribution in [2.45, 2.75) is 64.2 Å². The molecule has 22 heavy (non-hydrogen) atoms. The maximum atomic E-state index is 13.0. The molecule has 0 aromatic carbocycles. The molecule has 2 aliphatic heterocycles. The second-order valence-electron chi connectivity index (χ2n) is 9.48. The average Bonchev–Trinajstić information content (AvgIpc) is 2.84. The quantitative estimate of drug-likeness (QED) is 0.752. The number of rotatable bonds is 2. The molecule has 7 aliphatic rings. The summed E-state index contributed by atoms with van der Waals surface area (Å²) >= 11 is 0. The SMILES string of the molecule is O=C(CC1C2CC3CC(C2)CC1C3)N1CC2CCC(CC2)C1. The molecule has 0 spiro atoms. The topological polar surface area (TPSA) is 20.3 Å². The zero-order chi connectivity index (χ0) is 14.7. The Hall–Kier alpha value is -0.530. The van der Waals surface area contributed by atoms with Crippen LogP contribution in [-0.4, -0.2) is 23.9 Å². The van der Waals surface area contributed by atoms with Crippen LogP contribution in [0.1, 0.15) is 64.2 Å². The van der Waals surface area contributed by atoms with E-state index in [4.69, 9.17) is 0 Å². The lowest BCUT2D eigenvalue weighted by Gasteiger charge is -2.54. The van der Waals surface area contributed by atoms with Crippen LogP contribution >= 0.6 is 0 Å². The minimum atomic E-state index is 0.524. The van der Waals surface area contributed by atoms with Gasteiger partial charge in [0.1, 0.15) is 0 Å². The number of fused-ring (bicyclic) bond motifs is 4. The molecule has 0 radical (unpaired) electrons. The van der Waals surface area contributed by atoms with Crippen molar-refractivity contribution >= 4 is 5.91 Å². The molecular formula is C20H31NO. The van der Waals surface area contributed by atoms with Crippen molar-refractivity contribution in [2.75, 3.05) is 13.1 Å². The summed E-state index contributed by atoms with van der Waals surface area (Å²) in [6.07, 6.45) is 13.8. The molecule has 1 amide bonds. The number of hydrogen-bond acceptors (Lipinski definition) is 1. The summed E-state index contributed by atoms with van der Waals surface area (Å²) in [6.45, 7) is 2.17. The molecule has 5 aliphatic carbocycles. The second-order valence-corrected chi connectivity index (χ2v) is 9.48.